The third kappa shape index (κ3) is 5.64. The summed E-state index contributed by atoms with van der Waals surface area (Å²) in [5.74, 6) is 0.959. The van der Waals surface area contributed by atoms with E-state index in [0.29, 0.717) is 0 Å². The highest BCUT2D eigenvalue weighted by atomic mass is 16.3. The van der Waals surface area contributed by atoms with Crippen molar-refractivity contribution in [2.24, 2.45) is 5.92 Å². The van der Waals surface area contributed by atoms with Crippen LogP contribution in [0.4, 0.5) is 0 Å². The van der Waals surface area contributed by atoms with Crippen LogP contribution in [0.2, 0.25) is 0 Å². The van der Waals surface area contributed by atoms with Crippen LogP contribution in [0.1, 0.15) is 32.6 Å². The summed E-state index contributed by atoms with van der Waals surface area (Å²) in [5, 5.41) is 6.89. The van der Waals surface area contributed by atoms with Crippen LogP contribution in [-0.2, 0) is 4.79 Å². The zero-order valence-electron chi connectivity index (χ0n) is 7.05. The fourth-order valence-electron chi connectivity index (χ4n) is 1.17. The first-order valence-corrected chi connectivity index (χ1v) is 3.95. The van der Waals surface area contributed by atoms with E-state index >= 15 is 0 Å². The summed E-state index contributed by atoms with van der Waals surface area (Å²) in [6.45, 7) is 6.02. The maximum Gasteiger partial charge on any atom is 0.290 e. The summed E-state index contributed by atoms with van der Waals surface area (Å²) in [4.78, 5) is 8.36. The highest BCUT2D eigenvalue weighted by Crippen LogP contribution is 2.25. The van der Waals surface area contributed by atoms with Gasteiger partial charge in [-0.15, -0.1) is 0 Å². The molecule has 0 spiro atoms. The van der Waals surface area contributed by atoms with Gasteiger partial charge in [0.25, 0.3) is 6.47 Å². The molecule has 1 fully saturated rings. The molecule has 0 unspecified atom stereocenters. The van der Waals surface area contributed by atoms with E-state index in [0.717, 1.165) is 5.92 Å². The van der Waals surface area contributed by atoms with Gasteiger partial charge < -0.3 is 5.11 Å². The quantitative estimate of drug-likeness (QED) is 0.432. The van der Waals surface area contributed by atoms with Gasteiger partial charge in [-0.3, -0.25) is 4.79 Å². The zero-order chi connectivity index (χ0) is 8.69. The Morgan fingerprint density at radius 1 is 1.55 bits per heavy atom. The van der Waals surface area contributed by atoms with E-state index in [1.165, 1.54) is 31.3 Å². The van der Waals surface area contributed by atoms with Crippen LogP contribution in [0.15, 0.2) is 12.2 Å². The summed E-state index contributed by atoms with van der Waals surface area (Å²) >= 11 is 0. The molecule has 0 bridgehead atoms. The Morgan fingerprint density at radius 3 is 2.18 bits per heavy atom. The molecule has 1 saturated carbocycles. The lowest BCUT2D eigenvalue weighted by Gasteiger charge is -2.18. The smallest absolute Gasteiger partial charge is 0.290 e. The minimum atomic E-state index is -0.250. The van der Waals surface area contributed by atoms with Crippen LogP contribution < -0.4 is 0 Å². The molecule has 0 aromatic heterocycles. The van der Waals surface area contributed by atoms with Crippen molar-refractivity contribution in [3.05, 3.63) is 12.2 Å². The van der Waals surface area contributed by atoms with Gasteiger partial charge >= 0.3 is 0 Å². The van der Waals surface area contributed by atoms with Crippen molar-refractivity contribution in [1.29, 1.82) is 0 Å². The predicted molar refractivity (Wildman–Crippen MR) is 45.5 cm³/mol. The molecule has 0 saturated heterocycles. The normalized spacial score (nSPS) is 18.5. The molecule has 1 N–H and O–H groups in total. The number of rotatable bonds is 0. The summed E-state index contributed by atoms with van der Waals surface area (Å²) in [6, 6.07) is 0. The molecule has 1 rings (SSSR count). The zero-order valence-corrected chi connectivity index (χ0v) is 7.05. The molecule has 1 aliphatic rings. The Labute approximate surface area is 67.9 Å². The molecule has 0 aromatic carbocycles. The van der Waals surface area contributed by atoms with Gasteiger partial charge in [0.05, 0.1) is 0 Å². The van der Waals surface area contributed by atoms with Gasteiger partial charge in [-0.05, 0) is 31.6 Å². The Balaban J connectivity index is 0.000000292. The second kappa shape index (κ2) is 5.96. The fourth-order valence-corrected chi connectivity index (χ4v) is 1.17. The maximum atomic E-state index is 8.36. The van der Waals surface area contributed by atoms with E-state index in [1.54, 1.807) is 0 Å². The van der Waals surface area contributed by atoms with Gasteiger partial charge in [-0.2, -0.15) is 0 Å². The first-order chi connectivity index (χ1) is 5.20. The van der Waals surface area contributed by atoms with Crippen molar-refractivity contribution in [3.8, 4) is 0 Å². The number of allylic oxidation sites excluding steroid dienone is 1. The molecule has 2 nitrogen and oxygen atoms in total. The lowest BCUT2D eigenvalue weighted by molar-refractivity contribution is -0.122. The van der Waals surface area contributed by atoms with Crippen LogP contribution in [-0.4, -0.2) is 11.6 Å². The van der Waals surface area contributed by atoms with Gasteiger partial charge in [0.1, 0.15) is 0 Å². The van der Waals surface area contributed by atoms with Crippen LogP contribution in [0.3, 0.4) is 0 Å². The van der Waals surface area contributed by atoms with Crippen LogP contribution in [0.5, 0.6) is 0 Å². The van der Waals surface area contributed by atoms with E-state index in [1.807, 2.05) is 0 Å². The van der Waals surface area contributed by atoms with E-state index in [2.05, 4.69) is 13.5 Å². The second-order valence-electron chi connectivity index (χ2n) is 3.04. The summed E-state index contributed by atoms with van der Waals surface area (Å²) < 4.78 is 0. The largest absolute Gasteiger partial charge is 0.483 e. The van der Waals surface area contributed by atoms with E-state index in [-0.39, 0.29) is 6.47 Å². The minimum Gasteiger partial charge on any atom is -0.483 e. The molecule has 11 heavy (non-hydrogen) atoms. The molecular formula is C9H16O2. The third-order valence-electron chi connectivity index (χ3n) is 1.98. The van der Waals surface area contributed by atoms with Crippen LogP contribution in [0, 0.1) is 5.92 Å². The molecule has 0 heterocycles. The average Bonchev–Trinajstić information content (AvgIpc) is 1.97. The number of carboxylic acid groups (broad SMARTS) is 1. The molecular weight excluding hydrogens is 140 g/mol. The molecule has 64 valence electrons. The highest BCUT2D eigenvalue weighted by molar-refractivity contribution is 5.32. The minimum absolute atomic E-state index is 0.250. The monoisotopic (exact) mass is 156 g/mol. The predicted octanol–water partition coefficient (Wildman–Crippen LogP) is 2.45. The number of carbonyl (C=O) groups is 1. The molecule has 0 aliphatic heterocycles. The molecule has 1 aliphatic carbocycles. The van der Waals surface area contributed by atoms with Gasteiger partial charge in [0.15, 0.2) is 0 Å². The fraction of sp³-hybridized carbons (Fsp3) is 0.667. The highest BCUT2D eigenvalue weighted by Gasteiger charge is 2.09. The maximum absolute atomic E-state index is 8.36. The van der Waals surface area contributed by atoms with Crippen molar-refractivity contribution < 1.29 is 9.90 Å². The van der Waals surface area contributed by atoms with E-state index in [9.17, 15) is 0 Å². The topological polar surface area (TPSA) is 37.3 Å². The Morgan fingerprint density at radius 2 is 1.91 bits per heavy atom. The first kappa shape index (κ1) is 10.2. The van der Waals surface area contributed by atoms with Crippen molar-refractivity contribution in [1.82, 2.24) is 0 Å². The molecule has 0 atom stereocenters. The van der Waals surface area contributed by atoms with Gasteiger partial charge in [0.2, 0.25) is 0 Å². The van der Waals surface area contributed by atoms with Crippen molar-refractivity contribution in [2.75, 3.05) is 0 Å². The molecule has 0 amide bonds. The number of hydrogen-bond acceptors (Lipinski definition) is 1. The lowest BCUT2D eigenvalue weighted by Crippen LogP contribution is -2.02. The standard InChI is InChI=1S/C8H14.CH2O2/c1-7-3-5-8(2)6-4-7;2-1-3/h8H,1,3-6H2,2H3;1H,(H,2,3). The van der Waals surface area contributed by atoms with Gasteiger partial charge in [0, 0.05) is 0 Å². The second-order valence-corrected chi connectivity index (χ2v) is 3.04. The summed E-state index contributed by atoms with van der Waals surface area (Å²) in [6.07, 6.45) is 5.31. The van der Waals surface area contributed by atoms with Crippen molar-refractivity contribution in [3.63, 3.8) is 0 Å². The first-order valence-electron chi connectivity index (χ1n) is 3.95. The lowest BCUT2D eigenvalue weighted by atomic mass is 9.88. The van der Waals surface area contributed by atoms with Crippen LogP contribution in [0.25, 0.3) is 0 Å². The third-order valence-corrected chi connectivity index (χ3v) is 1.98. The molecule has 0 aromatic rings. The summed E-state index contributed by atoms with van der Waals surface area (Å²) in [5.41, 5.74) is 1.46. The van der Waals surface area contributed by atoms with Gasteiger partial charge in [-0.25, -0.2) is 0 Å². The van der Waals surface area contributed by atoms with Crippen molar-refractivity contribution >= 4 is 6.47 Å². The Bertz CT molecular complexity index is 120. The molecule has 2 heteroatoms. The number of hydrogen-bond donors (Lipinski definition) is 1. The summed E-state index contributed by atoms with van der Waals surface area (Å²) in [7, 11) is 0. The molecule has 0 radical (unpaired) electrons. The SMILES string of the molecule is C=C1CCC(C)CC1.O=CO. The van der Waals surface area contributed by atoms with Crippen LogP contribution >= 0.6 is 0 Å². The van der Waals surface area contributed by atoms with Crippen molar-refractivity contribution in [2.45, 2.75) is 32.6 Å². The Kier molecular flexibility index (Phi) is 5.53. The average molecular weight is 156 g/mol. The van der Waals surface area contributed by atoms with Gasteiger partial charge in [-0.1, -0.05) is 19.1 Å². The Hall–Kier alpha value is -0.790. The van der Waals surface area contributed by atoms with E-state index in [4.69, 9.17) is 9.90 Å². The van der Waals surface area contributed by atoms with E-state index < -0.39 is 0 Å².